The molecule has 35 heavy (non-hydrogen) atoms. The first-order chi connectivity index (χ1) is 17.0. The van der Waals surface area contributed by atoms with Gasteiger partial charge in [0.25, 0.3) is 11.8 Å². The van der Waals surface area contributed by atoms with Crippen molar-refractivity contribution >= 4 is 34.8 Å². The summed E-state index contributed by atoms with van der Waals surface area (Å²) in [5, 5.41) is 9.79. The van der Waals surface area contributed by atoms with Crippen LogP contribution in [0.15, 0.2) is 70.4 Å². The van der Waals surface area contributed by atoms with Gasteiger partial charge in [0.15, 0.2) is 0 Å². The van der Waals surface area contributed by atoms with E-state index in [-0.39, 0.29) is 24.4 Å². The van der Waals surface area contributed by atoms with Crippen LogP contribution >= 0.6 is 11.6 Å². The van der Waals surface area contributed by atoms with Crippen LogP contribution in [-0.2, 0) is 4.79 Å². The third-order valence-electron chi connectivity index (χ3n) is 6.46. The van der Waals surface area contributed by atoms with E-state index in [9.17, 15) is 9.59 Å². The van der Waals surface area contributed by atoms with Gasteiger partial charge >= 0.3 is 0 Å². The summed E-state index contributed by atoms with van der Waals surface area (Å²) in [6, 6.07) is 16.6. The Labute approximate surface area is 209 Å². The molecule has 1 atom stereocenters. The largest absolute Gasteiger partial charge is 0.467 e. The Balaban J connectivity index is 1.36. The van der Waals surface area contributed by atoms with Gasteiger partial charge in [-0.3, -0.25) is 9.59 Å². The number of nitrogens with one attached hydrogen (secondary N) is 1. The van der Waals surface area contributed by atoms with E-state index >= 15 is 0 Å². The van der Waals surface area contributed by atoms with Crippen molar-refractivity contribution < 1.29 is 14.0 Å². The summed E-state index contributed by atoms with van der Waals surface area (Å²) in [6.45, 7) is 3.48. The van der Waals surface area contributed by atoms with Crippen molar-refractivity contribution in [1.29, 1.82) is 0 Å². The molecule has 3 heterocycles. The van der Waals surface area contributed by atoms with E-state index in [1.54, 1.807) is 24.5 Å². The highest BCUT2D eigenvalue weighted by molar-refractivity contribution is 6.31. The molecule has 2 aromatic carbocycles. The maximum Gasteiger partial charge on any atom is 0.262 e. The Bertz CT molecular complexity index is 1250. The van der Waals surface area contributed by atoms with Crippen LogP contribution in [-0.4, -0.2) is 47.1 Å². The highest BCUT2D eigenvalue weighted by Crippen LogP contribution is 2.33. The minimum atomic E-state index is -0.327. The van der Waals surface area contributed by atoms with Crippen molar-refractivity contribution in [2.75, 3.05) is 25.0 Å². The van der Waals surface area contributed by atoms with Crippen molar-refractivity contribution in [3.05, 3.63) is 88.3 Å². The number of carbonyl (C=O) groups is 2. The Morgan fingerprint density at radius 3 is 2.60 bits per heavy atom. The van der Waals surface area contributed by atoms with E-state index < -0.39 is 0 Å². The second-order valence-electron chi connectivity index (χ2n) is 8.93. The van der Waals surface area contributed by atoms with Crippen molar-refractivity contribution in [3.63, 3.8) is 0 Å². The van der Waals surface area contributed by atoms with Gasteiger partial charge in [-0.25, -0.2) is 5.01 Å². The van der Waals surface area contributed by atoms with Gasteiger partial charge in [0, 0.05) is 30.2 Å². The number of hydrogen-bond acceptors (Lipinski definition) is 5. The van der Waals surface area contributed by atoms with Crippen LogP contribution in [0.3, 0.4) is 0 Å². The van der Waals surface area contributed by atoms with Crippen molar-refractivity contribution in [1.82, 2.24) is 9.91 Å². The number of aryl methyl sites for hydroxylation is 1. The zero-order chi connectivity index (χ0) is 24.4. The molecule has 0 bridgehead atoms. The molecule has 0 aliphatic carbocycles. The van der Waals surface area contributed by atoms with E-state index in [1.165, 1.54) is 5.01 Å². The van der Waals surface area contributed by atoms with Crippen LogP contribution in [0.4, 0.5) is 5.69 Å². The molecular formula is C27H27ClN4O3. The van der Waals surface area contributed by atoms with Gasteiger partial charge in [-0.15, -0.1) is 0 Å². The summed E-state index contributed by atoms with van der Waals surface area (Å²) < 4.78 is 5.63. The van der Waals surface area contributed by atoms with Crippen LogP contribution in [0.5, 0.6) is 0 Å². The van der Waals surface area contributed by atoms with Gasteiger partial charge in [0.1, 0.15) is 11.8 Å². The molecule has 2 aliphatic rings. The maximum absolute atomic E-state index is 13.4. The van der Waals surface area contributed by atoms with E-state index in [4.69, 9.17) is 16.0 Å². The van der Waals surface area contributed by atoms with Gasteiger partial charge in [0.2, 0.25) is 0 Å². The predicted molar refractivity (Wildman–Crippen MR) is 136 cm³/mol. The fraction of sp³-hybridized carbons (Fsp3) is 0.296. The average molecular weight is 491 g/mol. The Morgan fingerprint density at radius 1 is 1.11 bits per heavy atom. The lowest BCUT2D eigenvalue weighted by Crippen LogP contribution is -2.33. The van der Waals surface area contributed by atoms with Crippen LogP contribution in [0, 0.1) is 6.92 Å². The first kappa shape index (κ1) is 23.2. The molecule has 0 radical (unpaired) electrons. The monoisotopic (exact) mass is 490 g/mol. The van der Waals surface area contributed by atoms with Crippen LogP contribution in [0.2, 0.25) is 5.02 Å². The number of halogens is 1. The maximum atomic E-state index is 13.4. The lowest BCUT2D eigenvalue weighted by Gasteiger charge is -2.22. The summed E-state index contributed by atoms with van der Waals surface area (Å²) in [5.41, 5.74) is 4.02. The van der Waals surface area contributed by atoms with Crippen molar-refractivity contribution in [2.24, 2.45) is 5.10 Å². The number of rotatable bonds is 6. The number of amides is 2. The third-order valence-corrected chi connectivity index (χ3v) is 6.69. The summed E-state index contributed by atoms with van der Waals surface area (Å²) >= 11 is 6.19. The number of anilines is 1. The van der Waals surface area contributed by atoms with Gasteiger partial charge in [-0.2, -0.15) is 5.10 Å². The number of hydrazone groups is 1. The SMILES string of the molecule is Cc1ccc(C2=NN(C(=O)CNc3ccc(Cl)cc3C(=O)N3CCCC3)C(c3ccco3)C2)cc1. The number of likely N-dealkylation sites (tertiary alicyclic amines) is 1. The van der Waals surface area contributed by atoms with Crippen molar-refractivity contribution in [3.8, 4) is 0 Å². The zero-order valence-corrected chi connectivity index (χ0v) is 20.3. The van der Waals surface area contributed by atoms with Crippen LogP contribution in [0.25, 0.3) is 0 Å². The van der Waals surface area contributed by atoms with E-state index in [2.05, 4.69) is 10.4 Å². The molecule has 1 aromatic heterocycles. The summed E-state index contributed by atoms with van der Waals surface area (Å²) in [4.78, 5) is 28.2. The summed E-state index contributed by atoms with van der Waals surface area (Å²) in [7, 11) is 0. The molecule has 0 saturated carbocycles. The van der Waals surface area contributed by atoms with Crippen LogP contribution < -0.4 is 5.32 Å². The van der Waals surface area contributed by atoms with E-state index in [1.807, 2.05) is 48.2 Å². The lowest BCUT2D eigenvalue weighted by molar-refractivity contribution is -0.131. The van der Waals surface area contributed by atoms with Crippen molar-refractivity contribution in [2.45, 2.75) is 32.2 Å². The number of nitrogens with zero attached hydrogens (tertiary/aromatic N) is 3. The number of benzene rings is 2. The van der Waals surface area contributed by atoms with Gasteiger partial charge in [0.05, 0.1) is 24.1 Å². The quantitative estimate of drug-likeness (QED) is 0.510. The Morgan fingerprint density at radius 2 is 1.89 bits per heavy atom. The third kappa shape index (κ3) is 4.95. The molecule has 2 amide bonds. The van der Waals surface area contributed by atoms with E-state index in [0.29, 0.717) is 28.5 Å². The second kappa shape index (κ2) is 9.96. The highest BCUT2D eigenvalue weighted by Gasteiger charge is 2.35. The number of furan rings is 1. The highest BCUT2D eigenvalue weighted by atomic mass is 35.5. The standard InChI is InChI=1S/C27H27ClN4O3/c1-18-6-8-19(9-7-18)23-16-24(25-5-4-14-35-25)32(30-23)26(33)17-29-22-11-10-20(28)15-21(22)27(34)31-12-2-3-13-31/h4-11,14-15,24,29H,2-3,12-13,16-17H2,1H3. The molecule has 180 valence electrons. The smallest absolute Gasteiger partial charge is 0.262 e. The second-order valence-corrected chi connectivity index (χ2v) is 9.37. The lowest BCUT2D eigenvalue weighted by atomic mass is 10.0. The molecule has 8 heteroatoms. The molecule has 3 aromatic rings. The molecule has 1 saturated heterocycles. The fourth-order valence-electron chi connectivity index (χ4n) is 4.55. The molecule has 2 aliphatic heterocycles. The summed E-state index contributed by atoms with van der Waals surface area (Å²) in [6.07, 6.45) is 4.15. The molecular weight excluding hydrogens is 464 g/mol. The zero-order valence-electron chi connectivity index (χ0n) is 19.5. The normalized spacial score (nSPS) is 17.5. The van der Waals surface area contributed by atoms with E-state index in [0.717, 1.165) is 42.8 Å². The number of hydrogen-bond donors (Lipinski definition) is 1. The first-order valence-corrected chi connectivity index (χ1v) is 12.2. The van der Waals surface area contributed by atoms with Gasteiger partial charge < -0.3 is 14.6 Å². The minimum Gasteiger partial charge on any atom is -0.467 e. The Kier molecular flexibility index (Phi) is 6.59. The van der Waals surface area contributed by atoms with Gasteiger partial charge in [-0.05, 0) is 55.7 Å². The molecule has 5 rings (SSSR count). The summed E-state index contributed by atoms with van der Waals surface area (Å²) in [5.74, 6) is 0.387. The molecule has 0 spiro atoms. The Hall–Kier alpha value is -3.58. The molecule has 7 nitrogen and oxygen atoms in total. The molecule has 1 N–H and O–H groups in total. The average Bonchev–Trinajstić information content (AvgIpc) is 3.64. The predicted octanol–water partition coefficient (Wildman–Crippen LogP) is 5.27. The molecule has 1 fully saturated rings. The number of carbonyl (C=O) groups excluding carboxylic acids is 2. The first-order valence-electron chi connectivity index (χ1n) is 11.8. The molecule has 1 unspecified atom stereocenters. The van der Waals surface area contributed by atoms with Gasteiger partial charge in [-0.1, -0.05) is 41.4 Å². The van der Waals surface area contributed by atoms with Crippen LogP contribution in [0.1, 0.15) is 52.5 Å². The topological polar surface area (TPSA) is 78.2 Å². The minimum absolute atomic E-state index is 0.0240. The fourth-order valence-corrected chi connectivity index (χ4v) is 4.73.